The van der Waals surface area contributed by atoms with Crippen LogP contribution in [0.15, 0.2) is 18.2 Å². The molecule has 3 rings (SSSR count). The molecule has 0 radical (unpaired) electrons. The predicted octanol–water partition coefficient (Wildman–Crippen LogP) is 1.79. The van der Waals surface area contributed by atoms with Crippen molar-refractivity contribution in [3.8, 4) is 5.75 Å². The Morgan fingerprint density at radius 3 is 2.73 bits per heavy atom. The molecule has 2 heterocycles. The number of carboxylic acid groups (broad SMARTS) is 1. The van der Waals surface area contributed by atoms with Gasteiger partial charge in [-0.1, -0.05) is 0 Å². The zero-order valence-corrected chi connectivity index (χ0v) is 12.2. The molecular weight excluding hydrogens is 290 g/mol. The minimum absolute atomic E-state index is 0.00685. The van der Waals surface area contributed by atoms with E-state index in [4.69, 9.17) is 9.84 Å². The van der Waals surface area contributed by atoms with E-state index in [-0.39, 0.29) is 16.9 Å². The fourth-order valence-corrected chi connectivity index (χ4v) is 3.33. The van der Waals surface area contributed by atoms with Crippen molar-refractivity contribution in [2.75, 3.05) is 38.2 Å². The number of nitrogens with zero attached hydrogens (tertiary/aromatic N) is 3. The van der Waals surface area contributed by atoms with Crippen LogP contribution in [0.4, 0.5) is 16.2 Å². The molecule has 8 nitrogen and oxygen atoms in total. The minimum atomic E-state index is -0.885. The van der Waals surface area contributed by atoms with Gasteiger partial charge in [0.15, 0.2) is 5.75 Å². The Kier molecular flexibility index (Phi) is 3.31. The highest BCUT2D eigenvalue weighted by atomic mass is 16.6. The molecule has 0 aromatic heterocycles. The molecule has 0 saturated carbocycles. The summed E-state index contributed by atoms with van der Waals surface area (Å²) in [6.45, 7) is 2.57. The first kappa shape index (κ1) is 14.4. The average Bonchev–Trinajstić information content (AvgIpc) is 2.90. The van der Waals surface area contributed by atoms with Crippen LogP contribution in [0.3, 0.4) is 0 Å². The van der Waals surface area contributed by atoms with Crippen LogP contribution in [0.5, 0.6) is 5.75 Å². The van der Waals surface area contributed by atoms with Gasteiger partial charge in [-0.05, 0) is 18.6 Å². The average molecular weight is 307 g/mol. The monoisotopic (exact) mass is 307 g/mol. The number of carbonyl (C=O) groups is 1. The Morgan fingerprint density at radius 1 is 1.41 bits per heavy atom. The SMILES string of the molecule is COc1ccc(N2CCC3(CN(C(=O)O)C3)C2)cc1[N+](=O)[O-]. The number of ether oxygens (including phenoxy) is 1. The van der Waals surface area contributed by atoms with Crippen molar-refractivity contribution in [2.24, 2.45) is 5.41 Å². The third kappa shape index (κ3) is 2.30. The van der Waals surface area contributed by atoms with Crippen molar-refractivity contribution >= 4 is 17.5 Å². The van der Waals surface area contributed by atoms with Crippen LogP contribution >= 0.6 is 0 Å². The van der Waals surface area contributed by atoms with Gasteiger partial charge in [-0.25, -0.2) is 4.79 Å². The van der Waals surface area contributed by atoms with E-state index in [1.54, 1.807) is 12.1 Å². The van der Waals surface area contributed by atoms with E-state index in [0.29, 0.717) is 13.1 Å². The summed E-state index contributed by atoms with van der Waals surface area (Å²) in [5.74, 6) is 0.239. The fraction of sp³-hybridized carbons (Fsp3) is 0.500. The lowest BCUT2D eigenvalue weighted by atomic mass is 9.79. The van der Waals surface area contributed by atoms with Crippen LogP contribution in [-0.2, 0) is 0 Å². The number of hydrogen-bond donors (Lipinski definition) is 1. The molecule has 1 amide bonds. The number of likely N-dealkylation sites (tertiary alicyclic amines) is 1. The lowest BCUT2D eigenvalue weighted by Gasteiger charge is -2.46. The number of rotatable bonds is 3. The molecule has 0 atom stereocenters. The second-order valence-corrected chi connectivity index (χ2v) is 5.92. The lowest BCUT2D eigenvalue weighted by molar-refractivity contribution is -0.385. The second-order valence-electron chi connectivity index (χ2n) is 5.92. The topological polar surface area (TPSA) is 96.2 Å². The molecule has 0 bridgehead atoms. The molecule has 2 aliphatic heterocycles. The Labute approximate surface area is 127 Å². The van der Waals surface area contributed by atoms with E-state index in [1.807, 2.05) is 0 Å². The first-order valence-electron chi connectivity index (χ1n) is 6.99. The number of benzene rings is 1. The summed E-state index contributed by atoms with van der Waals surface area (Å²) in [4.78, 5) is 25.0. The van der Waals surface area contributed by atoms with Crippen molar-refractivity contribution in [3.05, 3.63) is 28.3 Å². The summed E-state index contributed by atoms with van der Waals surface area (Å²) in [5.41, 5.74) is 0.715. The molecule has 0 aliphatic carbocycles. The molecule has 0 unspecified atom stereocenters. The van der Waals surface area contributed by atoms with E-state index < -0.39 is 11.0 Å². The van der Waals surface area contributed by atoms with Crippen molar-refractivity contribution in [1.29, 1.82) is 0 Å². The summed E-state index contributed by atoms with van der Waals surface area (Å²) >= 11 is 0. The van der Waals surface area contributed by atoms with Gasteiger partial charge in [0.25, 0.3) is 0 Å². The Hall–Kier alpha value is -2.51. The number of hydrogen-bond acceptors (Lipinski definition) is 5. The van der Waals surface area contributed by atoms with Crippen LogP contribution < -0.4 is 9.64 Å². The van der Waals surface area contributed by atoms with Crippen LogP contribution in [0.1, 0.15) is 6.42 Å². The summed E-state index contributed by atoms with van der Waals surface area (Å²) in [6, 6.07) is 4.92. The first-order chi connectivity index (χ1) is 10.4. The van der Waals surface area contributed by atoms with Crippen LogP contribution in [0, 0.1) is 15.5 Å². The molecule has 118 valence electrons. The maximum absolute atomic E-state index is 11.1. The van der Waals surface area contributed by atoms with Gasteiger partial charge in [0, 0.05) is 43.3 Å². The highest BCUT2D eigenvalue weighted by Gasteiger charge is 2.49. The lowest BCUT2D eigenvalue weighted by Crippen LogP contribution is -2.59. The summed E-state index contributed by atoms with van der Waals surface area (Å²) in [6.07, 6.45) is 0.0144. The third-order valence-corrected chi connectivity index (χ3v) is 4.49. The van der Waals surface area contributed by atoms with Gasteiger partial charge < -0.3 is 19.6 Å². The Morgan fingerprint density at radius 2 is 2.14 bits per heavy atom. The van der Waals surface area contributed by atoms with Crippen molar-refractivity contribution in [2.45, 2.75) is 6.42 Å². The van der Waals surface area contributed by atoms with Crippen LogP contribution in [0.25, 0.3) is 0 Å². The van der Waals surface area contributed by atoms with Crippen LogP contribution in [-0.4, -0.2) is 54.3 Å². The van der Waals surface area contributed by atoms with Gasteiger partial charge in [-0.2, -0.15) is 0 Å². The zero-order chi connectivity index (χ0) is 15.9. The minimum Gasteiger partial charge on any atom is -0.490 e. The molecule has 8 heteroatoms. The highest BCUT2D eigenvalue weighted by molar-refractivity contribution is 5.67. The number of nitro benzene ring substituents is 1. The van der Waals surface area contributed by atoms with E-state index >= 15 is 0 Å². The summed E-state index contributed by atoms with van der Waals surface area (Å²) < 4.78 is 5.01. The fourth-order valence-electron chi connectivity index (χ4n) is 3.33. The van der Waals surface area contributed by atoms with E-state index in [2.05, 4.69) is 4.90 Å². The molecule has 1 N–H and O–H groups in total. The second kappa shape index (κ2) is 5.04. The number of amides is 1. The summed E-state index contributed by atoms with van der Waals surface area (Å²) in [7, 11) is 1.40. The molecule has 2 saturated heterocycles. The van der Waals surface area contributed by atoms with E-state index in [1.165, 1.54) is 18.1 Å². The molecule has 1 aromatic carbocycles. The number of methoxy groups -OCH3 is 1. The maximum Gasteiger partial charge on any atom is 0.407 e. The van der Waals surface area contributed by atoms with Gasteiger partial charge in [-0.15, -0.1) is 0 Å². The Balaban J connectivity index is 1.75. The normalized spacial score (nSPS) is 19.1. The quantitative estimate of drug-likeness (QED) is 0.675. The zero-order valence-electron chi connectivity index (χ0n) is 12.2. The van der Waals surface area contributed by atoms with Crippen molar-refractivity contribution in [3.63, 3.8) is 0 Å². The number of anilines is 1. The largest absolute Gasteiger partial charge is 0.490 e. The molecule has 1 spiro atoms. The smallest absolute Gasteiger partial charge is 0.407 e. The Bertz CT molecular complexity index is 627. The standard InChI is InChI=1S/C14H17N3O5/c1-22-12-3-2-10(6-11(12)17(20)21)15-5-4-14(7-15)8-16(9-14)13(18)19/h2-3,6H,4-5,7-9H2,1H3,(H,18,19). The molecule has 22 heavy (non-hydrogen) atoms. The third-order valence-electron chi connectivity index (χ3n) is 4.49. The van der Waals surface area contributed by atoms with Crippen molar-refractivity contribution < 1.29 is 19.6 Å². The van der Waals surface area contributed by atoms with E-state index in [9.17, 15) is 14.9 Å². The first-order valence-corrected chi connectivity index (χ1v) is 6.99. The van der Waals surface area contributed by atoms with Gasteiger partial charge in [0.05, 0.1) is 12.0 Å². The summed E-state index contributed by atoms with van der Waals surface area (Å²) in [5, 5.41) is 20.0. The predicted molar refractivity (Wildman–Crippen MR) is 78.5 cm³/mol. The molecule has 2 aliphatic rings. The van der Waals surface area contributed by atoms with E-state index in [0.717, 1.165) is 25.2 Å². The molecule has 2 fully saturated rings. The van der Waals surface area contributed by atoms with Gasteiger partial charge in [0.1, 0.15) is 0 Å². The van der Waals surface area contributed by atoms with Crippen molar-refractivity contribution in [1.82, 2.24) is 4.90 Å². The van der Waals surface area contributed by atoms with Crippen LogP contribution in [0.2, 0.25) is 0 Å². The maximum atomic E-state index is 11.1. The number of nitro groups is 1. The molecule has 1 aromatic rings. The van der Waals surface area contributed by atoms with Gasteiger partial charge in [-0.3, -0.25) is 10.1 Å². The van der Waals surface area contributed by atoms with Gasteiger partial charge in [0.2, 0.25) is 0 Å². The molecular formula is C14H17N3O5. The van der Waals surface area contributed by atoms with Gasteiger partial charge >= 0.3 is 11.8 Å². The highest BCUT2D eigenvalue weighted by Crippen LogP contribution is 2.42.